The molecule has 0 bridgehead atoms. The van der Waals surface area contributed by atoms with Crippen molar-refractivity contribution in [2.75, 3.05) is 0 Å². The van der Waals surface area contributed by atoms with Gasteiger partial charge < -0.3 is 0 Å². The van der Waals surface area contributed by atoms with Crippen LogP contribution in [0.25, 0.3) is 0 Å². The molecule has 3 heteroatoms. The van der Waals surface area contributed by atoms with Crippen molar-refractivity contribution in [3.8, 4) is 0 Å². The average molecular weight is 716 g/mol. The van der Waals surface area contributed by atoms with E-state index in [2.05, 4.69) is 77.9 Å². The van der Waals surface area contributed by atoms with Gasteiger partial charge in [0.1, 0.15) is 0 Å². The monoisotopic (exact) mass is 715 g/mol. The molecule has 0 aromatic heterocycles. The summed E-state index contributed by atoms with van der Waals surface area (Å²) >= 11 is 0. The van der Waals surface area contributed by atoms with Crippen LogP contribution in [0, 0.1) is 0 Å². The van der Waals surface area contributed by atoms with E-state index in [4.69, 9.17) is 9.98 Å². The molecule has 0 atom stereocenters. The molecule has 2 aromatic carbocycles. The minimum Gasteiger partial charge on any atom is -0.252 e. The molecule has 0 aliphatic carbocycles. The number of aliphatic imine (C=N–C) groups is 2. The Morgan fingerprint density at radius 1 is 0.347 bits per heavy atom. The van der Waals surface area contributed by atoms with E-state index in [9.17, 15) is 0 Å². The standard InChI is InChI=1S/C46H76N2.Ni/c1-7-13-19-20-21-26-32-46(48-44-37-41(29-24-16-10-4)34-42(38-44)30-25-17-11-5)45(31-18-12-6)47-43-35-39(27-22-14-8-2)33-40(36-43)28-23-15-9-3;/h33-38H,7-32H2,1-6H3;. The number of nitrogens with zero attached hydrogens (tertiary/aromatic N) is 2. The summed E-state index contributed by atoms with van der Waals surface area (Å²) in [6.45, 7) is 13.8. The Kier molecular flexibility index (Phi) is 27.7. The first-order valence-electron chi connectivity index (χ1n) is 21.0. The Hall–Kier alpha value is -1.73. The predicted molar refractivity (Wildman–Crippen MR) is 218 cm³/mol. The second-order valence-corrected chi connectivity index (χ2v) is 14.6. The van der Waals surface area contributed by atoms with E-state index in [1.54, 1.807) is 0 Å². The molecule has 0 radical (unpaired) electrons. The summed E-state index contributed by atoms with van der Waals surface area (Å²) in [7, 11) is 0. The van der Waals surface area contributed by atoms with Crippen molar-refractivity contribution < 1.29 is 16.5 Å². The zero-order chi connectivity index (χ0) is 34.7. The number of hydrogen-bond donors (Lipinski definition) is 0. The molecule has 0 aliphatic heterocycles. The van der Waals surface area contributed by atoms with Gasteiger partial charge in [-0.25, -0.2) is 0 Å². The molecule has 0 heterocycles. The predicted octanol–water partition coefficient (Wildman–Crippen LogP) is 15.4. The van der Waals surface area contributed by atoms with Crippen LogP contribution in [0.15, 0.2) is 46.4 Å². The molecule has 0 aliphatic rings. The quantitative estimate of drug-likeness (QED) is 0.0455. The van der Waals surface area contributed by atoms with Gasteiger partial charge in [0, 0.05) is 16.5 Å². The van der Waals surface area contributed by atoms with Crippen LogP contribution in [0.2, 0.25) is 0 Å². The van der Waals surface area contributed by atoms with Crippen molar-refractivity contribution in [2.45, 2.75) is 208 Å². The summed E-state index contributed by atoms with van der Waals surface area (Å²) in [6, 6.07) is 14.6. The summed E-state index contributed by atoms with van der Waals surface area (Å²) in [5.74, 6) is 0. The van der Waals surface area contributed by atoms with Gasteiger partial charge in [-0.2, -0.15) is 0 Å². The molecular weight excluding hydrogens is 639 g/mol. The number of hydrogen-bond acceptors (Lipinski definition) is 2. The fourth-order valence-electron chi connectivity index (χ4n) is 6.77. The topological polar surface area (TPSA) is 24.7 Å². The molecule has 0 saturated carbocycles. The minimum atomic E-state index is 0. The van der Waals surface area contributed by atoms with Crippen molar-refractivity contribution in [3.05, 3.63) is 58.7 Å². The van der Waals surface area contributed by atoms with E-state index < -0.39 is 0 Å². The molecule has 0 saturated heterocycles. The Balaban J connectivity index is 0.0000120. The van der Waals surface area contributed by atoms with Gasteiger partial charge >= 0.3 is 0 Å². The molecule has 2 nitrogen and oxygen atoms in total. The largest absolute Gasteiger partial charge is 0.252 e. The van der Waals surface area contributed by atoms with Gasteiger partial charge in [-0.15, -0.1) is 0 Å². The maximum atomic E-state index is 5.57. The Morgan fingerprint density at radius 2 is 0.633 bits per heavy atom. The Bertz CT molecular complexity index is 1110. The van der Waals surface area contributed by atoms with Gasteiger partial charge in [0.05, 0.1) is 22.8 Å². The summed E-state index contributed by atoms with van der Waals surface area (Å²) in [5.41, 5.74) is 10.7. The second kappa shape index (κ2) is 30.0. The molecule has 49 heavy (non-hydrogen) atoms. The number of unbranched alkanes of at least 4 members (excludes halogenated alkanes) is 14. The van der Waals surface area contributed by atoms with Gasteiger partial charge in [0.15, 0.2) is 0 Å². The van der Waals surface area contributed by atoms with Crippen LogP contribution in [0.3, 0.4) is 0 Å². The molecular formula is C46H76N2Ni. The molecule has 0 N–H and O–H groups in total. The van der Waals surface area contributed by atoms with Crippen molar-refractivity contribution in [2.24, 2.45) is 9.98 Å². The average Bonchev–Trinajstić information content (AvgIpc) is 3.08. The van der Waals surface area contributed by atoms with Gasteiger partial charge in [-0.05, 0) is 124 Å². The van der Waals surface area contributed by atoms with E-state index in [-0.39, 0.29) is 16.5 Å². The van der Waals surface area contributed by atoms with E-state index in [1.807, 2.05) is 0 Å². The van der Waals surface area contributed by atoms with E-state index in [0.717, 1.165) is 56.3 Å². The molecule has 2 aromatic rings. The van der Waals surface area contributed by atoms with Gasteiger partial charge in [-0.1, -0.05) is 144 Å². The van der Waals surface area contributed by atoms with Crippen LogP contribution in [0.1, 0.15) is 205 Å². The fourth-order valence-corrected chi connectivity index (χ4v) is 6.77. The third-order valence-electron chi connectivity index (χ3n) is 9.75. The summed E-state index contributed by atoms with van der Waals surface area (Å²) in [6.07, 6.45) is 32.2. The first kappa shape index (κ1) is 45.3. The first-order valence-corrected chi connectivity index (χ1v) is 21.0. The van der Waals surface area contributed by atoms with Crippen molar-refractivity contribution in [3.63, 3.8) is 0 Å². The molecule has 2 rings (SSSR count). The van der Waals surface area contributed by atoms with Crippen molar-refractivity contribution in [1.82, 2.24) is 0 Å². The molecule has 0 unspecified atom stereocenters. The summed E-state index contributed by atoms with van der Waals surface area (Å²) in [5, 5.41) is 0. The van der Waals surface area contributed by atoms with Gasteiger partial charge in [0.25, 0.3) is 0 Å². The molecule has 0 fully saturated rings. The Morgan fingerprint density at radius 3 is 0.980 bits per heavy atom. The zero-order valence-electron chi connectivity index (χ0n) is 33.1. The number of aryl methyl sites for hydroxylation is 4. The molecule has 280 valence electrons. The third-order valence-corrected chi connectivity index (χ3v) is 9.75. The number of rotatable bonds is 29. The van der Waals surface area contributed by atoms with Gasteiger partial charge in [0.2, 0.25) is 0 Å². The summed E-state index contributed by atoms with van der Waals surface area (Å²) < 4.78 is 0. The number of benzene rings is 2. The van der Waals surface area contributed by atoms with Crippen LogP contribution in [-0.4, -0.2) is 11.4 Å². The maximum Gasteiger partial charge on any atom is 0.0639 e. The Labute approximate surface area is 315 Å². The van der Waals surface area contributed by atoms with Crippen LogP contribution in [0.4, 0.5) is 11.4 Å². The van der Waals surface area contributed by atoms with E-state index in [1.165, 1.54) is 156 Å². The van der Waals surface area contributed by atoms with Crippen LogP contribution in [-0.2, 0) is 42.2 Å². The van der Waals surface area contributed by atoms with Crippen LogP contribution < -0.4 is 0 Å². The fraction of sp³-hybridized carbons (Fsp3) is 0.696. The minimum absolute atomic E-state index is 0. The second-order valence-electron chi connectivity index (χ2n) is 14.6. The molecule has 0 spiro atoms. The SMILES string of the molecule is CCCCCCCCC(=Nc1cc(CCCCC)cc(CCCCC)c1)C(CCCC)=Nc1cc(CCCCC)cc(CCCCC)c1.[Ni]. The van der Waals surface area contributed by atoms with Crippen LogP contribution in [0.5, 0.6) is 0 Å². The van der Waals surface area contributed by atoms with Crippen LogP contribution >= 0.6 is 0 Å². The normalized spacial score (nSPS) is 12.0. The van der Waals surface area contributed by atoms with E-state index in [0.29, 0.717) is 0 Å². The summed E-state index contributed by atoms with van der Waals surface area (Å²) in [4.78, 5) is 11.1. The first-order chi connectivity index (χ1) is 23.6. The van der Waals surface area contributed by atoms with E-state index >= 15 is 0 Å². The maximum absolute atomic E-state index is 5.57. The molecule has 0 amide bonds. The van der Waals surface area contributed by atoms with Crippen molar-refractivity contribution in [1.29, 1.82) is 0 Å². The third kappa shape index (κ3) is 20.7. The smallest absolute Gasteiger partial charge is 0.0639 e. The zero-order valence-corrected chi connectivity index (χ0v) is 34.0. The van der Waals surface area contributed by atoms with Crippen molar-refractivity contribution >= 4 is 22.8 Å². The van der Waals surface area contributed by atoms with Gasteiger partial charge in [-0.3, -0.25) is 9.98 Å².